The lowest BCUT2D eigenvalue weighted by atomic mass is 10.3. The second-order valence-corrected chi connectivity index (χ2v) is 1.19. The molecule has 0 aliphatic heterocycles. The summed E-state index contributed by atoms with van der Waals surface area (Å²) >= 11 is 0. The second kappa shape index (κ2) is 5.06. The predicted octanol–water partition coefficient (Wildman–Crippen LogP) is 1.01. The summed E-state index contributed by atoms with van der Waals surface area (Å²) in [6.45, 7) is 4.12. The zero-order valence-corrected chi connectivity index (χ0v) is 5.19. The summed E-state index contributed by atoms with van der Waals surface area (Å²) in [4.78, 5) is 0. The molecule has 0 amide bonds. The molecular weight excluding hydrogens is 110 g/mol. The summed E-state index contributed by atoms with van der Waals surface area (Å²) < 4.78 is 20.7. The Balaban J connectivity index is 2.92. The van der Waals surface area contributed by atoms with Gasteiger partial charge in [0.25, 0.3) is 0 Å². The van der Waals surface area contributed by atoms with Crippen molar-refractivity contribution in [2.75, 3.05) is 13.2 Å². The van der Waals surface area contributed by atoms with E-state index in [1.165, 1.54) is 0 Å². The number of hydrogen-bond donors (Lipinski definition) is 0. The SMILES string of the molecule is CCOB(F)OCC. The summed E-state index contributed by atoms with van der Waals surface area (Å²) in [6, 6.07) is 0. The number of hydrogen-bond acceptors (Lipinski definition) is 2. The van der Waals surface area contributed by atoms with Crippen molar-refractivity contribution in [1.82, 2.24) is 0 Å². The zero-order chi connectivity index (χ0) is 6.41. The lowest BCUT2D eigenvalue weighted by Crippen LogP contribution is -2.16. The van der Waals surface area contributed by atoms with Crippen LogP contribution >= 0.6 is 0 Å². The van der Waals surface area contributed by atoms with Crippen molar-refractivity contribution >= 4 is 7.40 Å². The van der Waals surface area contributed by atoms with Gasteiger partial charge in [-0.05, 0) is 13.8 Å². The predicted molar refractivity (Wildman–Crippen MR) is 30.1 cm³/mol. The van der Waals surface area contributed by atoms with Crippen molar-refractivity contribution in [2.24, 2.45) is 0 Å². The van der Waals surface area contributed by atoms with Gasteiger partial charge in [-0.25, -0.2) is 0 Å². The van der Waals surface area contributed by atoms with Gasteiger partial charge in [-0.3, -0.25) is 4.32 Å². The zero-order valence-electron chi connectivity index (χ0n) is 5.19. The molecule has 0 aliphatic rings. The number of rotatable bonds is 4. The van der Waals surface area contributed by atoms with E-state index in [1.807, 2.05) is 0 Å². The van der Waals surface area contributed by atoms with Crippen LogP contribution in [0.1, 0.15) is 13.8 Å². The van der Waals surface area contributed by atoms with Gasteiger partial charge in [0.1, 0.15) is 0 Å². The van der Waals surface area contributed by atoms with Crippen LogP contribution < -0.4 is 0 Å². The highest BCUT2D eigenvalue weighted by molar-refractivity contribution is 6.35. The van der Waals surface area contributed by atoms with E-state index in [2.05, 4.69) is 9.31 Å². The molecule has 0 aromatic rings. The first kappa shape index (κ1) is 7.91. The van der Waals surface area contributed by atoms with Crippen molar-refractivity contribution in [2.45, 2.75) is 13.8 Å². The van der Waals surface area contributed by atoms with E-state index in [1.54, 1.807) is 13.8 Å². The van der Waals surface area contributed by atoms with Crippen LogP contribution in [0.4, 0.5) is 4.32 Å². The first-order valence-electron chi connectivity index (χ1n) is 2.68. The smallest absolute Gasteiger partial charge is 0.383 e. The molecule has 0 N–H and O–H groups in total. The summed E-state index contributed by atoms with van der Waals surface area (Å²) in [5.74, 6) is 0. The van der Waals surface area contributed by atoms with E-state index in [0.29, 0.717) is 13.2 Å². The lowest BCUT2D eigenvalue weighted by Gasteiger charge is -1.99. The van der Waals surface area contributed by atoms with Crippen LogP contribution in [0.15, 0.2) is 0 Å². The Bertz CT molecular complexity index is 47.3. The third-order valence-electron chi connectivity index (χ3n) is 0.595. The highest BCUT2D eigenvalue weighted by Gasteiger charge is 2.14. The molecule has 0 aromatic heterocycles. The number of halogens is 1. The lowest BCUT2D eigenvalue weighted by molar-refractivity contribution is 0.177. The third-order valence-corrected chi connectivity index (χ3v) is 0.595. The van der Waals surface area contributed by atoms with E-state index in [0.717, 1.165) is 0 Å². The van der Waals surface area contributed by atoms with Gasteiger partial charge in [0.15, 0.2) is 0 Å². The molecule has 0 spiro atoms. The molecule has 0 rings (SSSR count). The monoisotopic (exact) mass is 120 g/mol. The molecular formula is C4H10BFO2. The maximum Gasteiger partial charge on any atom is 0.680 e. The highest BCUT2D eigenvalue weighted by atomic mass is 19.1. The fourth-order valence-electron chi connectivity index (χ4n) is 0.310. The first-order chi connectivity index (χ1) is 3.81. The summed E-state index contributed by atoms with van der Waals surface area (Å²) in [5.41, 5.74) is 0. The molecule has 0 saturated heterocycles. The van der Waals surface area contributed by atoms with Crippen LogP contribution in [-0.4, -0.2) is 20.6 Å². The van der Waals surface area contributed by atoms with E-state index in [4.69, 9.17) is 0 Å². The summed E-state index contributed by atoms with van der Waals surface area (Å²) in [5, 5.41) is 0. The topological polar surface area (TPSA) is 18.5 Å². The Labute approximate surface area is 49.2 Å². The fraction of sp³-hybridized carbons (Fsp3) is 1.00. The highest BCUT2D eigenvalue weighted by Crippen LogP contribution is 1.88. The van der Waals surface area contributed by atoms with Crippen molar-refractivity contribution in [1.29, 1.82) is 0 Å². The van der Waals surface area contributed by atoms with Gasteiger partial charge in [0.2, 0.25) is 0 Å². The van der Waals surface area contributed by atoms with Gasteiger partial charge in [0.05, 0.1) is 0 Å². The molecule has 0 aromatic carbocycles. The average molecular weight is 120 g/mol. The largest absolute Gasteiger partial charge is 0.680 e. The molecule has 0 atom stereocenters. The van der Waals surface area contributed by atoms with Crippen LogP contribution in [0.5, 0.6) is 0 Å². The van der Waals surface area contributed by atoms with Crippen LogP contribution in [0.25, 0.3) is 0 Å². The molecule has 0 saturated carbocycles. The Morgan fingerprint density at radius 1 is 1.25 bits per heavy atom. The minimum atomic E-state index is -1.54. The normalized spacial score (nSPS) is 9.38. The Kier molecular flexibility index (Phi) is 5.01. The van der Waals surface area contributed by atoms with Crippen molar-refractivity contribution in [3.8, 4) is 0 Å². The average Bonchev–Trinajstić information content (AvgIpc) is 1.68. The van der Waals surface area contributed by atoms with Gasteiger partial charge in [-0.2, -0.15) is 0 Å². The first-order valence-corrected chi connectivity index (χ1v) is 2.68. The van der Waals surface area contributed by atoms with Crippen LogP contribution in [0, 0.1) is 0 Å². The van der Waals surface area contributed by atoms with E-state index in [9.17, 15) is 4.32 Å². The van der Waals surface area contributed by atoms with Gasteiger partial charge in [-0.1, -0.05) is 0 Å². The van der Waals surface area contributed by atoms with Gasteiger partial charge >= 0.3 is 7.40 Å². The minimum Gasteiger partial charge on any atom is -0.383 e. The van der Waals surface area contributed by atoms with Crippen molar-refractivity contribution < 1.29 is 13.6 Å². The molecule has 2 nitrogen and oxygen atoms in total. The molecule has 0 fully saturated rings. The second-order valence-electron chi connectivity index (χ2n) is 1.19. The van der Waals surface area contributed by atoms with E-state index >= 15 is 0 Å². The molecule has 48 valence electrons. The van der Waals surface area contributed by atoms with Gasteiger partial charge < -0.3 is 9.31 Å². The minimum absolute atomic E-state index is 0.348. The van der Waals surface area contributed by atoms with Crippen LogP contribution in [-0.2, 0) is 9.31 Å². The van der Waals surface area contributed by atoms with Crippen molar-refractivity contribution in [3.63, 3.8) is 0 Å². The fourth-order valence-corrected chi connectivity index (χ4v) is 0.310. The maximum absolute atomic E-state index is 12.0. The summed E-state index contributed by atoms with van der Waals surface area (Å²) in [7, 11) is -1.54. The Hall–Kier alpha value is -0.0851. The van der Waals surface area contributed by atoms with Gasteiger partial charge in [-0.15, -0.1) is 0 Å². The van der Waals surface area contributed by atoms with Gasteiger partial charge in [0, 0.05) is 13.2 Å². The third kappa shape index (κ3) is 4.08. The maximum atomic E-state index is 12.0. The standard InChI is InChI=1S/C4H10BFO2/c1-3-7-5(6)8-4-2/h3-4H2,1-2H3. The molecule has 0 unspecified atom stereocenters. The molecule has 0 radical (unpaired) electrons. The van der Waals surface area contributed by atoms with Crippen LogP contribution in [0.2, 0.25) is 0 Å². The molecule has 8 heavy (non-hydrogen) atoms. The molecule has 4 heteroatoms. The Morgan fingerprint density at radius 2 is 1.62 bits per heavy atom. The molecule has 0 aliphatic carbocycles. The Morgan fingerprint density at radius 3 is 1.88 bits per heavy atom. The van der Waals surface area contributed by atoms with Crippen LogP contribution in [0.3, 0.4) is 0 Å². The van der Waals surface area contributed by atoms with E-state index < -0.39 is 7.40 Å². The quantitative estimate of drug-likeness (QED) is 0.515. The van der Waals surface area contributed by atoms with Crippen molar-refractivity contribution in [3.05, 3.63) is 0 Å². The molecule has 0 bridgehead atoms. The van der Waals surface area contributed by atoms with E-state index in [-0.39, 0.29) is 0 Å². The summed E-state index contributed by atoms with van der Waals surface area (Å²) in [6.07, 6.45) is 0. The molecule has 0 heterocycles.